The van der Waals surface area contributed by atoms with Gasteiger partial charge in [0, 0.05) is 37.8 Å². The van der Waals surface area contributed by atoms with Gasteiger partial charge in [0.25, 0.3) is 0 Å². The molecule has 0 amide bonds. The summed E-state index contributed by atoms with van der Waals surface area (Å²) in [6.45, 7) is 5.93. The number of hydrogen-bond donors (Lipinski definition) is 0. The number of nitrogens with zero attached hydrogens (tertiary/aromatic N) is 4. The molecule has 0 N–H and O–H groups in total. The van der Waals surface area contributed by atoms with Crippen LogP contribution >= 0.6 is 0 Å². The molecule has 1 aromatic heterocycles. The van der Waals surface area contributed by atoms with Gasteiger partial charge in [-0.05, 0) is 31.5 Å². The molecule has 0 saturated carbocycles. The van der Waals surface area contributed by atoms with Gasteiger partial charge >= 0.3 is 0 Å². The van der Waals surface area contributed by atoms with Crippen LogP contribution in [0, 0.1) is 13.8 Å². The topological polar surface area (TPSA) is 66.4 Å². The molecule has 0 atom stereocenters. The fraction of sp³-hybridized carbons (Fsp3) is 0.273. The number of sulfonamides is 1. The molecular weight excluding hydrogens is 384 g/mol. The Balaban J connectivity index is 1.50. The average Bonchev–Trinajstić information content (AvgIpc) is 2.74. The Bertz CT molecular complexity index is 1120. The van der Waals surface area contributed by atoms with Crippen molar-refractivity contribution in [3.63, 3.8) is 0 Å². The van der Waals surface area contributed by atoms with Gasteiger partial charge in [-0.15, -0.1) is 0 Å². The second kappa shape index (κ2) is 7.93. The summed E-state index contributed by atoms with van der Waals surface area (Å²) in [5.41, 5.74) is 3.87. The number of aromatic nitrogens is 2. The van der Waals surface area contributed by atoms with Gasteiger partial charge in [0.2, 0.25) is 10.0 Å². The molecule has 6 nitrogen and oxygen atoms in total. The molecule has 150 valence electrons. The van der Waals surface area contributed by atoms with Gasteiger partial charge in [-0.3, -0.25) is 0 Å². The lowest BCUT2D eigenvalue weighted by molar-refractivity contribution is 0.383. The van der Waals surface area contributed by atoms with Gasteiger partial charge in [0.15, 0.2) is 0 Å². The highest BCUT2D eigenvalue weighted by Gasteiger charge is 2.29. The summed E-state index contributed by atoms with van der Waals surface area (Å²) in [7, 11) is -3.48. The van der Waals surface area contributed by atoms with Crippen LogP contribution < -0.4 is 4.90 Å². The quantitative estimate of drug-likeness (QED) is 0.663. The number of benzene rings is 2. The van der Waals surface area contributed by atoms with Crippen molar-refractivity contribution in [3.8, 4) is 11.3 Å². The summed E-state index contributed by atoms with van der Waals surface area (Å²) in [4.78, 5) is 11.3. The van der Waals surface area contributed by atoms with Crippen molar-refractivity contribution in [1.29, 1.82) is 0 Å². The van der Waals surface area contributed by atoms with Crippen LogP contribution in [0.25, 0.3) is 11.3 Å². The first-order valence-corrected chi connectivity index (χ1v) is 11.1. The Hall–Kier alpha value is -2.77. The minimum atomic E-state index is -3.48. The standard InChI is InChI=1S/C22H24N4O2S/c1-17-6-5-8-19(14-17)20-15-22(24-16-23-20)25-10-12-26(13-11-25)29(27,28)21-9-4-3-7-18(21)2/h3-9,14-16H,10-13H2,1-2H3. The highest BCUT2D eigenvalue weighted by Crippen LogP contribution is 2.25. The minimum absolute atomic E-state index is 0.386. The van der Waals surface area contributed by atoms with E-state index in [9.17, 15) is 8.42 Å². The number of rotatable bonds is 4. The molecule has 1 fully saturated rings. The lowest BCUT2D eigenvalue weighted by atomic mass is 10.1. The van der Waals surface area contributed by atoms with E-state index in [2.05, 4.69) is 33.9 Å². The zero-order valence-electron chi connectivity index (χ0n) is 16.6. The molecule has 7 heteroatoms. The summed E-state index contributed by atoms with van der Waals surface area (Å²) in [5.74, 6) is 0.824. The van der Waals surface area contributed by atoms with Crippen LogP contribution in [-0.2, 0) is 10.0 Å². The molecule has 3 aromatic rings. The van der Waals surface area contributed by atoms with Gasteiger partial charge in [-0.2, -0.15) is 4.31 Å². The minimum Gasteiger partial charge on any atom is -0.354 e. The molecule has 1 aliphatic rings. The molecule has 1 saturated heterocycles. The third-order valence-corrected chi connectivity index (χ3v) is 7.30. The summed E-state index contributed by atoms with van der Waals surface area (Å²) < 4.78 is 27.6. The van der Waals surface area contributed by atoms with Gasteiger partial charge in [0.1, 0.15) is 12.1 Å². The molecule has 0 radical (unpaired) electrons. The molecule has 29 heavy (non-hydrogen) atoms. The highest BCUT2D eigenvalue weighted by molar-refractivity contribution is 7.89. The zero-order valence-corrected chi connectivity index (χ0v) is 17.4. The third-order valence-electron chi connectivity index (χ3n) is 5.24. The van der Waals surface area contributed by atoms with Gasteiger partial charge in [0.05, 0.1) is 10.6 Å². The molecule has 4 rings (SSSR count). The molecule has 0 aliphatic carbocycles. The number of hydrogen-bond acceptors (Lipinski definition) is 5. The fourth-order valence-corrected chi connectivity index (χ4v) is 5.27. The molecule has 2 heterocycles. The van der Waals surface area contributed by atoms with Crippen molar-refractivity contribution in [2.75, 3.05) is 31.1 Å². The van der Waals surface area contributed by atoms with E-state index in [1.807, 2.05) is 37.3 Å². The van der Waals surface area contributed by atoms with E-state index in [1.165, 1.54) is 5.56 Å². The summed E-state index contributed by atoms with van der Waals surface area (Å²) in [5, 5.41) is 0. The molecule has 0 unspecified atom stereocenters. The van der Waals surface area contributed by atoms with Crippen LogP contribution in [0.3, 0.4) is 0 Å². The Morgan fingerprint density at radius 1 is 0.862 bits per heavy atom. The van der Waals surface area contributed by atoms with E-state index in [0.29, 0.717) is 31.1 Å². The van der Waals surface area contributed by atoms with Gasteiger partial charge in [-0.25, -0.2) is 18.4 Å². The Labute approximate surface area is 171 Å². The van der Waals surface area contributed by atoms with Gasteiger partial charge in [-0.1, -0.05) is 42.0 Å². The first-order valence-electron chi connectivity index (χ1n) is 9.65. The zero-order chi connectivity index (χ0) is 20.4. The van der Waals surface area contributed by atoms with E-state index in [-0.39, 0.29) is 0 Å². The van der Waals surface area contributed by atoms with Crippen LogP contribution in [-0.4, -0.2) is 48.9 Å². The first kappa shape index (κ1) is 19.5. The molecular formula is C22H24N4O2S. The monoisotopic (exact) mass is 408 g/mol. The largest absolute Gasteiger partial charge is 0.354 e. The Morgan fingerprint density at radius 2 is 1.62 bits per heavy atom. The SMILES string of the molecule is Cc1cccc(-c2cc(N3CCN(S(=O)(=O)c4ccccc4C)CC3)ncn2)c1. The van der Waals surface area contributed by atoms with Crippen molar-refractivity contribution >= 4 is 15.8 Å². The molecule has 0 bridgehead atoms. The maximum absolute atomic E-state index is 13.0. The van der Waals surface area contributed by atoms with E-state index in [0.717, 1.165) is 22.6 Å². The molecule has 0 spiro atoms. The Morgan fingerprint density at radius 3 is 2.34 bits per heavy atom. The third kappa shape index (κ3) is 4.02. The van der Waals surface area contributed by atoms with Gasteiger partial charge < -0.3 is 4.90 Å². The van der Waals surface area contributed by atoms with Crippen LogP contribution in [0.4, 0.5) is 5.82 Å². The van der Waals surface area contributed by atoms with Crippen molar-refractivity contribution < 1.29 is 8.42 Å². The van der Waals surface area contributed by atoms with Crippen LogP contribution in [0.15, 0.2) is 65.8 Å². The first-order chi connectivity index (χ1) is 13.9. The smallest absolute Gasteiger partial charge is 0.243 e. The predicted octanol–water partition coefficient (Wildman–Crippen LogP) is 3.27. The second-order valence-corrected chi connectivity index (χ2v) is 9.19. The summed E-state index contributed by atoms with van der Waals surface area (Å²) in [6, 6.07) is 17.3. The van der Waals surface area contributed by atoms with Crippen molar-refractivity contribution in [2.45, 2.75) is 18.7 Å². The summed E-state index contributed by atoms with van der Waals surface area (Å²) >= 11 is 0. The van der Waals surface area contributed by atoms with Crippen LogP contribution in [0.2, 0.25) is 0 Å². The second-order valence-electron chi connectivity index (χ2n) is 7.29. The van der Waals surface area contributed by atoms with Crippen molar-refractivity contribution in [3.05, 3.63) is 72.1 Å². The molecule has 1 aliphatic heterocycles. The lowest BCUT2D eigenvalue weighted by Gasteiger charge is -2.35. The number of aryl methyl sites for hydroxylation is 2. The van der Waals surface area contributed by atoms with E-state index >= 15 is 0 Å². The lowest BCUT2D eigenvalue weighted by Crippen LogP contribution is -2.49. The highest BCUT2D eigenvalue weighted by atomic mass is 32.2. The van der Waals surface area contributed by atoms with Crippen LogP contribution in [0.1, 0.15) is 11.1 Å². The van der Waals surface area contributed by atoms with Crippen molar-refractivity contribution in [2.24, 2.45) is 0 Å². The Kier molecular flexibility index (Phi) is 5.34. The van der Waals surface area contributed by atoms with Crippen molar-refractivity contribution in [1.82, 2.24) is 14.3 Å². The van der Waals surface area contributed by atoms with E-state index < -0.39 is 10.0 Å². The van der Waals surface area contributed by atoms with E-state index in [1.54, 1.807) is 22.8 Å². The predicted molar refractivity (Wildman–Crippen MR) is 114 cm³/mol. The number of piperazine rings is 1. The maximum atomic E-state index is 13.0. The fourth-order valence-electron chi connectivity index (χ4n) is 3.62. The number of anilines is 1. The summed E-state index contributed by atoms with van der Waals surface area (Å²) in [6.07, 6.45) is 1.57. The normalized spacial score (nSPS) is 15.4. The van der Waals surface area contributed by atoms with Crippen LogP contribution in [0.5, 0.6) is 0 Å². The average molecular weight is 409 g/mol. The molecule has 2 aromatic carbocycles. The van der Waals surface area contributed by atoms with E-state index in [4.69, 9.17) is 0 Å². The maximum Gasteiger partial charge on any atom is 0.243 e.